The second-order valence-corrected chi connectivity index (χ2v) is 22.1. The number of ether oxygens (including phenoxy) is 2. The first-order valence-electron chi connectivity index (χ1n) is 19.1. The molecule has 1 amide bonds. The zero-order chi connectivity index (χ0) is 35.5. The first kappa shape index (κ1) is 36.7. The number of hydrogen-bond acceptors (Lipinski definition) is 7. The van der Waals surface area contributed by atoms with Crippen molar-refractivity contribution in [3.63, 3.8) is 0 Å². The minimum Gasteiger partial charge on any atom is -0.496 e. The topological polar surface area (TPSA) is 98.6 Å². The number of methoxy groups -OCH3 is 1. The minimum atomic E-state index is -1.29. The normalized spacial score (nSPS) is 19.5. The fourth-order valence-corrected chi connectivity index (χ4v) is 8.35. The Labute approximate surface area is 299 Å². The Bertz CT molecular complexity index is 1650. The maximum Gasteiger partial charge on any atom is 0.224 e. The first-order valence-corrected chi connectivity index (χ1v) is 22.8. The number of hydrogen-bond donors (Lipinski definition) is 1. The van der Waals surface area contributed by atoms with Gasteiger partial charge in [0.1, 0.15) is 24.1 Å². The lowest BCUT2D eigenvalue weighted by Crippen LogP contribution is -2.36. The van der Waals surface area contributed by atoms with Crippen molar-refractivity contribution in [1.29, 1.82) is 0 Å². The van der Waals surface area contributed by atoms with E-state index in [0.29, 0.717) is 37.9 Å². The van der Waals surface area contributed by atoms with E-state index < -0.39 is 8.07 Å². The molecular formula is C40H59N5O4Si. The zero-order valence-corrected chi connectivity index (χ0v) is 32.4. The molecule has 3 aliphatic rings. The molecule has 1 aliphatic heterocycles. The molecule has 3 aromatic rings. The van der Waals surface area contributed by atoms with Gasteiger partial charge in [0.25, 0.3) is 0 Å². The zero-order valence-electron chi connectivity index (χ0n) is 31.4. The van der Waals surface area contributed by atoms with Crippen LogP contribution in [0.3, 0.4) is 0 Å². The van der Waals surface area contributed by atoms with Gasteiger partial charge in [-0.25, -0.2) is 4.98 Å². The summed E-state index contributed by atoms with van der Waals surface area (Å²) in [6.45, 7) is 12.1. The van der Waals surface area contributed by atoms with Crippen molar-refractivity contribution < 1.29 is 19.1 Å². The third-order valence-corrected chi connectivity index (χ3v) is 13.1. The number of rotatable bonds is 18. The number of imidazole rings is 1. The van der Waals surface area contributed by atoms with Crippen molar-refractivity contribution in [2.45, 2.75) is 122 Å². The van der Waals surface area contributed by atoms with Crippen molar-refractivity contribution in [3.8, 4) is 17.0 Å². The second-order valence-electron chi connectivity index (χ2n) is 16.5. The number of amides is 1. The van der Waals surface area contributed by atoms with Gasteiger partial charge in [-0.2, -0.15) is 0 Å². The number of ketones is 1. The molecule has 50 heavy (non-hydrogen) atoms. The van der Waals surface area contributed by atoms with Gasteiger partial charge in [0, 0.05) is 62.1 Å². The fourth-order valence-electron chi connectivity index (χ4n) is 7.59. The van der Waals surface area contributed by atoms with E-state index in [0.717, 1.165) is 104 Å². The summed E-state index contributed by atoms with van der Waals surface area (Å²) in [6.07, 6.45) is 12.1. The molecule has 1 N–H and O–H groups in total. The highest BCUT2D eigenvalue weighted by atomic mass is 28.3. The Hall–Kier alpha value is -3.08. The molecule has 3 heterocycles. The number of carbonyl (C=O) groups is 2. The third kappa shape index (κ3) is 8.85. The quantitative estimate of drug-likeness (QED) is 0.106. The summed E-state index contributed by atoms with van der Waals surface area (Å²) in [7, 11) is 2.59. The number of likely N-dealkylation sites (tertiary alicyclic amines) is 1. The number of aromatic nitrogens is 3. The van der Waals surface area contributed by atoms with Crippen LogP contribution in [0.2, 0.25) is 25.7 Å². The average molecular weight is 702 g/mol. The van der Waals surface area contributed by atoms with E-state index in [9.17, 15) is 9.59 Å². The summed E-state index contributed by atoms with van der Waals surface area (Å²) in [5.74, 6) is 2.66. The number of piperidine rings is 1. The molecule has 1 saturated heterocycles. The molecular weight excluding hydrogens is 643 g/mol. The highest BCUT2D eigenvalue weighted by molar-refractivity contribution is 6.76. The molecule has 272 valence electrons. The molecule has 2 atom stereocenters. The largest absolute Gasteiger partial charge is 0.496 e. The van der Waals surface area contributed by atoms with Crippen LogP contribution in [-0.2, 0) is 21.1 Å². The summed E-state index contributed by atoms with van der Waals surface area (Å²) in [4.78, 5) is 38.4. The van der Waals surface area contributed by atoms with Crippen molar-refractivity contribution in [2.24, 2.45) is 11.3 Å². The number of carbonyl (C=O) groups excluding carboxylic acids is 2. The van der Waals surface area contributed by atoms with Crippen LogP contribution < -0.4 is 10.1 Å². The minimum absolute atomic E-state index is 0.0605. The summed E-state index contributed by atoms with van der Waals surface area (Å²) in [6, 6.07) is 9.33. The number of fused-ring (bicyclic) bond motifs is 1. The molecule has 1 aromatic carbocycles. The van der Waals surface area contributed by atoms with Crippen molar-refractivity contribution in [3.05, 3.63) is 42.0 Å². The Morgan fingerprint density at radius 2 is 1.88 bits per heavy atom. The SMILES string of the molecule is CCC(=O)CCCCCC(NC(=O)[C@H]1CC12CCN(C)CC2)c1ncc(-c2cc3ccc(C4CC4)nc3cc2OC)n1COCC[Si](C)(C)C. The maximum atomic E-state index is 14.0. The average Bonchev–Trinajstić information content (AvgIpc) is 4.02. The van der Waals surface area contributed by atoms with Gasteiger partial charge in [0.15, 0.2) is 0 Å². The van der Waals surface area contributed by atoms with E-state index in [-0.39, 0.29) is 23.3 Å². The van der Waals surface area contributed by atoms with Crippen molar-refractivity contribution in [1.82, 2.24) is 24.8 Å². The molecule has 1 unspecified atom stereocenters. The van der Waals surface area contributed by atoms with Gasteiger partial charge in [-0.05, 0) is 88.7 Å². The maximum absolute atomic E-state index is 14.0. The van der Waals surface area contributed by atoms with Gasteiger partial charge >= 0.3 is 0 Å². The Morgan fingerprint density at radius 3 is 2.58 bits per heavy atom. The van der Waals surface area contributed by atoms with E-state index in [1.807, 2.05) is 19.2 Å². The fraction of sp³-hybridized carbons (Fsp3) is 0.650. The molecule has 3 fully saturated rings. The van der Waals surface area contributed by atoms with E-state index in [2.05, 4.69) is 59.7 Å². The van der Waals surface area contributed by atoms with Crippen molar-refractivity contribution >= 4 is 30.7 Å². The number of benzene rings is 1. The standard InChI is InChI=1S/C40H59N5O4Si/c1-7-30(46)11-9-8-10-12-34(43-39(47)32-25-40(32)17-19-44(2)20-18-40)38-41-26-36(45(38)27-49-21-22-50(4,5)6)31-23-29-15-16-33(28-13-14-28)42-35(29)24-37(31)48-3/h15-16,23-24,26,28,32,34H,7-14,17-22,25,27H2,1-6H3,(H,43,47)/t32-,34?/m1/s1. The van der Waals surface area contributed by atoms with Crippen LogP contribution in [0.5, 0.6) is 5.75 Å². The Balaban J connectivity index is 1.30. The van der Waals surface area contributed by atoms with Crippen LogP contribution >= 0.6 is 0 Å². The van der Waals surface area contributed by atoms with Crippen LogP contribution in [0, 0.1) is 11.3 Å². The lowest BCUT2D eigenvalue weighted by molar-refractivity contribution is -0.124. The van der Waals surface area contributed by atoms with Crippen LogP contribution in [0.15, 0.2) is 30.5 Å². The third-order valence-electron chi connectivity index (χ3n) is 11.4. The number of unbranched alkanes of at least 4 members (excludes halogenated alkanes) is 2. The molecule has 6 rings (SSSR count). The predicted octanol–water partition coefficient (Wildman–Crippen LogP) is 8.12. The molecule has 1 spiro atoms. The molecule has 0 radical (unpaired) electrons. The van der Waals surface area contributed by atoms with E-state index in [1.54, 1.807) is 7.11 Å². The second kappa shape index (κ2) is 15.7. The monoisotopic (exact) mass is 701 g/mol. The number of Topliss-reactive ketones (excluding diaryl/α,β-unsaturated/α-hetero) is 1. The van der Waals surface area contributed by atoms with Gasteiger partial charge in [0.05, 0.1) is 30.6 Å². The van der Waals surface area contributed by atoms with Crippen LogP contribution in [0.4, 0.5) is 0 Å². The lowest BCUT2D eigenvalue weighted by Gasteiger charge is -2.30. The Kier molecular flexibility index (Phi) is 11.5. The Morgan fingerprint density at radius 1 is 1.10 bits per heavy atom. The summed E-state index contributed by atoms with van der Waals surface area (Å²) in [5, 5.41) is 4.56. The highest BCUT2D eigenvalue weighted by Crippen LogP contribution is 2.59. The molecule has 2 aliphatic carbocycles. The number of nitrogens with one attached hydrogen (secondary N) is 1. The molecule has 2 saturated carbocycles. The van der Waals surface area contributed by atoms with Crippen LogP contribution in [-0.4, -0.2) is 73.1 Å². The first-order chi connectivity index (χ1) is 24.0. The molecule has 9 nitrogen and oxygen atoms in total. The van der Waals surface area contributed by atoms with Gasteiger partial charge in [0.2, 0.25) is 5.91 Å². The van der Waals surface area contributed by atoms with Gasteiger partial charge < -0.3 is 24.3 Å². The lowest BCUT2D eigenvalue weighted by atomic mass is 9.91. The van der Waals surface area contributed by atoms with E-state index in [1.165, 1.54) is 12.8 Å². The summed E-state index contributed by atoms with van der Waals surface area (Å²) < 4.78 is 14.6. The predicted molar refractivity (Wildman–Crippen MR) is 202 cm³/mol. The van der Waals surface area contributed by atoms with E-state index >= 15 is 0 Å². The molecule has 0 bridgehead atoms. The van der Waals surface area contributed by atoms with Gasteiger partial charge in [-0.15, -0.1) is 0 Å². The highest BCUT2D eigenvalue weighted by Gasteiger charge is 2.58. The number of pyridine rings is 1. The van der Waals surface area contributed by atoms with E-state index in [4.69, 9.17) is 19.4 Å². The molecule has 10 heteroatoms. The smallest absolute Gasteiger partial charge is 0.224 e. The van der Waals surface area contributed by atoms with Crippen LogP contribution in [0.1, 0.15) is 101 Å². The summed E-state index contributed by atoms with van der Waals surface area (Å²) >= 11 is 0. The van der Waals surface area contributed by atoms with Crippen LogP contribution in [0.25, 0.3) is 22.2 Å². The molecule has 2 aromatic heterocycles. The van der Waals surface area contributed by atoms with Gasteiger partial charge in [-0.1, -0.05) is 45.5 Å². The van der Waals surface area contributed by atoms with Crippen molar-refractivity contribution in [2.75, 3.05) is 33.9 Å². The van der Waals surface area contributed by atoms with Gasteiger partial charge in [-0.3, -0.25) is 14.6 Å². The number of nitrogens with zero attached hydrogens (tertiary/aromatic N) is 4. The summed E-state index contributed by atoms with van der Waals surface area (Å²) in [5.41, 5.74) is 4.08.